The van der Waals surface area contributed by atoms with Crippen LogP contribution in [0.15, 0.2) is 42.5 Å². The maximum absolute atomic E-state index is 2.51. The fourth-order valence-electron chi connectivity index (χ4n) is 3.08. The fourth-order valence-corrected chi connectivity index (χ4v) is 3.08. The molecular formula is C19H23N. The largest absolute Gasteiger partial charge is 0.367 e. The van der Waals surface area contributed by atoms with E-state index in [-0.39, 0.29) is 0 Å². The lowest BCUT2D eigenvalue weighted by atomic mass is 9.93. The highest BCUT2D eigenvalue weighted by Gasteiger charge is 2.19. The number of rotatable bonds is 1. The van der Waals surface area contributed by atoms with Crippen molar-refractivity contribution in [2.24, 2.45) is 0 Å². The van der Waals surface area contributed by atoms with Gasteiger partial charge >= 0.3 is 0 Å². The molecule has 0 saturated heterocycles. The summed E-state index contributed by atoms with van der Waals surface area (Å²) in [4.78, 5) is 2.51. The molecule has 3 rings (SSSR count). The van der Waals surface area contributed by atoms with Gasteiger partial charge in [-0.25, -0.2) is 0 Å². The highest BCUT2D eigenvalue weighted by molar-refractivity contribution is 5.50. The Hall–Kier alpha value is -1.76. The molecular weight excluding hydrogens is 242 g/mol. The Morgan fingerprint density at radius 1 is 0.950 bits per heavy atom. The molecule has 1 unspecified atom stereocenters. The van der Waals surface area contributed by atoms with Crippen LogP contribution in [0.25, 0.3) is 0 Å². The van der Waals surface area contributed by atoms with Gasteiger partial charge in [-0.05, 0) is 49.4 Å². The summed E-state index contributed by atoms with van der Waals surface area (Å²) in [7, 11) is 0. The molecule has 104 valence electrons. The summed E-state index contributed by atoms with van der Waals surface area (Å²) < 4.78 is 0. The molecule has 0 radical (unpaired) electrons. The van der Waals surface area contributed by atoms with Crippen molar-refractivity contribution in [3.63, 3.8) is 0 Å². The summed E-state index contributed by atoms with van der Waals surface area (Å²) in [5, 5.41) is 0. The van der Waals surface area contributed by atoms with Gasteiger partial charge in [0, 0.05) is 18.8 Å². The number of aryl methyl sites for hydroxylation is 2. The van der Waals surface area contributed by atoms with Crippen LogP contribution >= 0.6 is 0 Å². The minimum absolute atomic E-state index is 0.653. The zero-order chi connectivity index (χ0) is 14.1. The van der Waals surface area contributed by atoms with E-state index in [0.29, 0.717) is 5.92 Å². The number of anilines is 1. The minimum atomic E-state index is 0.653. The van der Waals surface area contributed by atoms with Crippen molar-refractivity contribution in [2.75, 3.05) is 11.4 Å². The topological polar surface area (TPSA) is 3.24 Å². The number of fused-ring (bicyclic) bond motifs is 1. The van der Waals surface area contributed by atoms with Gasteiger partial charge in [0.2, 0.25) is 0 Å². The predicted octanol–water partition coefficient (Wildman–Crippen LogP) is 4.82. The van der Waals surface area contributed by atoms with E-state index in [0.717, 1.165) is 13.1 Å². The Labute approximate surface area is 122 Å². The summed E-state index contributed by atoms with van der Waals surface area (Å²) in [5.74, 6) is 0.653. The molecule has 1 aliphatic rings. The average Bonchev–Trinajstić information content (AvgIpc) is 2.60. The molecule has 1 heterocycles. The second kappa shape index (κ2) is 5.32. The average molecular weight is 265 g/mol. The van der Waals surface area contributed by atoms with E-state index in [1.54, 1.807) is 5.56 Å². The first-order chi connectivity index (χ1) is 9.63. The van der Waals surface area contributed by atoms with Crippen LogP contribution in [0, 0.1) is 13.8 Å². The Bertz CT molecular complexity index is 598. The first kappa shape index (κ1) is 13.2. The number of benzene rings is 2. The molecule has 1 aliphatic heterocycles. The second-order valence-electron chi connectivity index (χ2n) is 6.15. The smallest absolute Gasteiger partial charge is 0.0432 e. The molecule has 0 saturated carbocycles. The van der Waals surface area contributed by atoms with Crippen LogP contribution in [0.5, 0.6) is 0 Å². The van der Waals surface area contributed by atoms with Gasteiger partial charge in [-0.3, -0.25) is 0 Å². The van der Waals surface area contributed by atoms with Gasteiger partial charge in [0.15, 0.2) is 0 Å². The Balaban J connectivity index is 1.93. The molecule has 1 heteroatoms. The third-order valence-electron chi connectivity index (χ3n) is 4.42. The van der Waals surface area contributed by atoms with Crippen molar-refractivity contribution in [3.05, 3.63) is 64.7 Å². The van der Waals surface area contributed by atoms with Crippen molar-refractivity contribution in [3.8, 4) is 0 Å². The lowest BCUT2D eigenvalue weighted by molar-refractivity contribution is 0.678. The number of nitrogens with zero attached hydrogens (tertiary/aromatic N) is 1. The van der Waals surface area contributed by atoms with E-state index in [1.807, 2.05) is 0 Å². The molecule has 1 atom stereocenters. The van der Waals surface area contributed by atoms with E-state index in [1.165, 1.54) is 28.8 Å². The van der Waals surface area contributed by atoms with Crippen LogP contribution < -0.4 is 4.90 Å². The molecule has 0 aliphatic carbocycles. The van der Waals surface area contributed by atoms with Gasteiger partial charge in [-0.1, -0.05) is 48.4 Å². The van der Waals surface area contributed by atoms with Gasteiger partial charge in [0.1, 0.15) is 0 Å². The van der Waals surface area contributed by atoms with Gasteiger partial charge in [-0.15, -0.1) is 0 Å². The van der Waals surface area contributed by atoms with Gasteiger partial charge in [0.05, 0.1) is 0 Å². The zero-order valence-corrected chi connectivity index (χ0v) is 12.7. The van der Waals surface area contributed by atoms with Crippen LogP contribution in [0.2, 0.25) is 0 Å². The Morgan fingerprint density at radius 2 is 1.65 bits per heavy atom. The molecule has 20 heavy (non-hydrogen) atoms. The third-order valence-corrected chi connectivity index (χ3v) is 4.42. The number of hydrogen-bond donors (Lipinski definition) is 0. The quantitative estimate of drug-likeness (QED) is 0.714. The normalized spacial score (nSPS) is 18.6. The predicted molar refractivity (Wildman–Crippen MR) is 86.4 cm³/mol. The van der Waals surface area contributed by atoms with Crippen molar-refractivity contribution in [2.45, 2.75) is 39.7 Å². The van der Waals surface area contributed by atoms with Crippen molar-refractivity contribution >= 4 is 5.69 Å². The zero-order valence-electron chi connectivity index (χ0n) is 12.7. The first-order valence-electron chi connectivity index (χ1n) is 7.54. The maximum Gasteiger partial charge on any atom is 0.0432 e. The van der Waals surface area contributed by atoms with Crippen molar-refractivity contribution in [1.29, 1.82) is 0 Å². The second-order valence-corrected chi connectivity index (χ2v) is 6.15. The van der Waals surface area contributed by atoms with E-state index in [4.69, 9.17) is 0 Å². The number of hydrogen-bond acceptors (Lipinski definition) is 1. The fraction of sp³-hybridized carbons (Fsp3) is 0.368. The molecule has 0 bridgehead atoms. The maximum atomic E-state index is 2.51. The summed E-state index contributed by atoms with van der Waals surface area (Å²) >= 11 is 0. The first-order valence-corrected chi connectivity index (χ1v) is 7.54. The lowest BCUT2D eigenvalue weighted by Crippen LogP contribution is -2.22. The summed E-state index contributed by atoms with van der Waals surface area (Å²) in [5.41, 5.74) is 7.07. The van der Waals surface area contributed by atoms with Crippen molar-refractivity contribution in [1.82, 2.24) is 0 Å². The molecule has 0 aromatic heterocycles. The van der Waals surface area contributed by atoms with E-state index >= 15 is 0 Å². The van der Waals surface area contributed by atoms with Gasteiger partial charge in [0.25, 0.3) is 0 Å². The van der Waals surface area contributed by atoms with Crippen LogP contribution in [0.4, 0.5) is 5.69 Å². The Kier molecular flexibility index (Phi) is 3.52. The van der Waals surface area contributed by atoms with E-state index < -0.39 is 0 Å². The van der Waals surface area contributed by atoms with Gasteiger partial charge in [-0.2, -0.15) is 0 Å². The molecule has 0 fully saturated rings. The summed E-state index contributed by atoms with van der Waals surface area (Å²) in [6, 6.07) is 15.8. The van der Waals surface area contributed by atoms with Crippen LogP contribution in [-0.2, 0) is 6.54 Å². The molecule has 2 aromatic rings. The highest BCUT2D eigenvalue weighted by atomic mass is 15.1. The molecule has 2 aromatic carbocycles. The van der Waals surface area contributed by atoms with E-state index in [9.17, 15) is 0 Å². The van der Waals surface area contributed by atoms with Crippen molar-refractivity contribution < 1.29 is 0 Å². The van der Waals surface area contributed by atoms with Crippen LogP contribution in [0.1, 0.15) is 41.5 Å². The molecule has 0 spiro atoms. The van der Waals surface area contributed by atoms with E-state index in [2.05, 4.69) is 68.1 Å². The van der Waals surface area contributed by atoms with Gasteiger partial charge < -0.3 is 4.90 Å². The summed E-state index contributed by atoms with van der Waals surface area (Å²) in [6.07, 6.45) is 1.23. The van der Waals surface area contributed by atoms with Crippen LogP contribution in [0.3, 0.4) is 0 Å². The monoisotopic (exact) mass is 265 g/mol. The Morgan fingerprint density at radius 3 is 2.40 bits per heavy atom. The lowest BCUT2D eigenvalue weighted by Gasteiger charge is -2.23. The molecule has 1 nitrogen and oxygen atoms in total. The third kappa shape index (κ3) is 2.58. The van der Waals surface area contributed by atoms with Crippen LogP contribution in [-0.4, -0.2) is 6.54 Å². The standard InChI is InChI=1S/C19H23N/c1-14-5-8-18(9-6-14)20-11-10-16(3)19-12-15(2)4-7-17(19)13-20/h4-9,12,16H,10-11,13H2,1-3H3. The highest BCUT2D eigenvalue weighted by Crippen LogP contribution is 2.31. The SMILES string of the molecule is Cc1ccc(N2CCC(C)c3cc(C)ccc3C2)cc1. The minimum Gasteiger partial charge on any atom is -0.367 e. The summed E-state index contributed by atoms with van der Waals surface area (Å²) in [6.45, 7) is 8.86. The molecule has 0 amide bonds. The molecule has 0 N–H and O–H groups in total.